The van der Waals surface area contributed by atoms with Gasteiger partial charge in [-0.15, -0.1) is 0 Å². The van der Waals surface area contributed by atoms with Crippen molar-refractivity contribution in [3.05, 3.63) is 28.3 Å². The lowest BCUT2D eigenvalue weighted by Gasteiger charge is -2.24. The smallest absolute Gasteiger partial charge is 0.253 e. The first kappa shape index (κ1) is 17.6. The van der Waals surface area contributed by atoms with Crippen LogP contribution in [0.4, 0.5) is 4.39 Å². The zero-order chi connectivity index (χ0) is 17.2. The standard InChI is InChI=1S/C16H22FN3O2S/c1-9(2)4-5-16(3,22)8-18-14(21)11-6-10(17)7-12-13(11)20-15(23)19-12/h6-7,9,22H,4-5,8H2,1-3H3,(H,18,21)(H2,19,20,23). The monoisotopic (exact) mass is 339 g/mol. The van der Waals surface area contributed by atoms with E-state index >= 15 is 0 Å². The molecule has 0 bridgehead atoms. The van der Waals surface area contributed by atoms with E-state index in [2.05, 4.69) is 29.1 Å². The van der Waals surface area contributed by atoms with Gasteiger partial charge in [0.15, 0.2) is 4.77 Å². The molecular formula is C16H22FN3O2S. The van der Waals surface area contributed by atoms with Crippen molar-refractivity contribution in [2.75, 3.05) is 6.54 Å². The number of benzene rings is 1. The minimum absolute atomic E-state index is 0.0989. The third-order valence-corrected chi connectivity index (χ3v) is 3.93. The zero-order valence-corrected chi connectivity index (χ0v) is 14.3. The summed E-state index contributed by atoms with van der Waals surface area (Å²) < 4.78 is 14.0. The minimum Gasteiger partial charge on any atom is -0.388 e. The van der Waals surface area contributed by atoms with Crippen molar-refractivity contribution in [3.63, 3.8) is 0 Å². The number of hydrogen-bond donors (Lipinski definition) is 4. The highest BCUT2D eigenvalue weighted by molar-refractivity contribution is 7.71. The van der Waals surface area contributed by atoms with Crippen LogP contribution in [0.1, 0.15) is 44.0 Å². The van der Waals surface area contributed by atoms with Crippen LogP contribution < -0.4 is 5.32 Å². The highest BCUT2D eigenvalue weighted by Gasteiger charge is 2.23. The third-order valence-electron chi connectivity index (χ3n) is 3.72. The number of aliphatic hydroxyl groups is 1. The minimum atomic E-state index is -1.00. The molecule has 0 fully saturated rings. The topological polar surface area (TPSA) is 80.9 Å². The molecule has 126 valence electrons. The number of carbonyl (C=O) groups excluding carboxylic acids is 1. The quantitative estimate of drug-likeness (QED) is 0.610. The maximum Gasteiger partial charge on any atom is 0.253 e. The molecule has 1 atom stereocenters. The molecule has 0 spiro atoms. The molecule has 0 aliphatic rings. The van der Waals surface area contributed by atoms with E-state index in [1.54, 1.807) is 6.92 Å². The van der Waals surface area contributed by atoms with Gasteiger partial charge in [-0.1, -0.05) is 13.8 Å². The Morgan fingerprint density at radius 2 is 2.13 bits per heavy atom. The van der Waals surface area contributed by atoms with E-state index < -0.39 is 17.3 Å². The van der Waals surface area contributed by atoms with Crippen LogP contribution in [0.15, 0.2) is 12.1 Å². The number of halogens is 1. The van der Waals surface area contributed by atoms with Crippen LogP contribution in [-0.2, 0) is 0 Å². The highest BCUT2D eigenvalue weighted by Crippen LogP contribution is 2.19. The van der Waals surface area contributed by atoms with Crippen molar-refractivity contribution in [1.82, 2.24) is 15.3 Å². The predicted octanol–water partition coefficient (Wildman–Crippen LogP) is 3.28. The van der Waals surface area contributed by atoms with Gasteiger partial charge in [0, 0.05) is 6.54 Å². The molecule has 4 N–H and O–H groups in total. The fourth-order valence-electron chi connectivity index (χ4n) is 2.34. The van der Waals surface area contributed by atoms with E-state index in [0.717, 1.165) is 12.5 Å². The summed E-state index contributed by atoms with van der Waals surface area (Å²) in [6, 6.07) is 2.43. The van der Waals surface area contributed by atoms with Crippen LogP contribution >= 0.6 is 12.2 Å². The Morgan fingerprint density at radius 3 is 2.78 bits per heavy atom. The van der Waals surface area contributed by atoms with Gasteiger partial charge < -0.3 is 20.4 Å². The Kier molecular flexibility index (Phi) is 5.21. The normalized spacial score (nSPS) is 14.2. The average molecular weight is 339 g/mol. The maximum atomic E-state index is 13.7. The summed E-state index contributed by atoms with van der Waals surface area (Å²) >= 11 is 4.98. The van der Waals surface area contributed by atoms with Gasteiger partial charge in [-0.05, 0) is 50.0 Å². The number of H-pyrrole nitrogens is 2. The van der Waals surface area contributed by atoms with Crippen LogP contribution in [0.3, 0.4) is 0 Å². The van der Waals surface area contributed by atoms with Crippen LogP contribution in [0, 0.1) is 16.5 Å². The van der Waals surface area contributed by atoms with Crippen molar-refractivity contribution in [3.8, 4) is 0 Å². The van der Waals surface area contributed by atoms with E-state index in [4.69, 9.17) is 12.2 Å². The first-order valence-corrected chi connectivity index (χ1v) is 8.01. The van der Waals surface area contributed by atoms with Gasteiger partial charge in [-0.3, -0.25) is 4.79 Å². The number of carbonyl (C=O) groups is 1. The summed E-state index contributed by atoms with van der Waals surface area (Å²) in [7, 11) is 0. The molecule has 1 unspecified atom stereocenters. The number of aromatic amines is 2. The number of fused-ring (bicyclic) bond motifs is 1. The van der Waals surface area contributed by atoms with Gasteiger partial charge in [0.25, 0.3) is 5.91 Å². The number of aromatic nitrogens is 2. The molecule has 1 heterocycles. The Labute approximate surface area is 139 Å². The van der Waals surface area contributed by atoms with Crippen molar-refractivity contribution >= 4 is 29.2 Å². The molecule has 1 aromatic carbocycles. The van der Waals surface area contributed by atoms with E-state index in [1.165, 1.54) is 6.07 Å². The van der Waals surface area contributed by atoms with Crippen LogP contribution in [0.5, 0.6) is 0 Å². The van der Waals surface area contributed by atoms with Crippen LogP contribution in [-0.4, -0.2) is 33.1 Å². The van der Waals surface area contributed by atoms with Gasteiger partial charge in [-0.25, -0.2) is 4.39 Å². The molecule has 23 heavy (non-hydrogen) atoms. The molecule has 7 heteroatoms. The second kappa shape index (κ2) is 6.80. The lowest BCUT2D eigenvalue weighted by Crippen LogP contribution is -2.40. The molecule has 2 aromatic rings. The van der Waals surface area contributed by atoms with E-state index in [9.17, 15) is 14.3 Å². The van der Waals surface area contributed by atoms with Crippen LogP contribution in [0.2, 0.25) is 0 Å². The summed E-state index contributed by atoms with van der Waals surface area (Å²) in [4.78, 5) is 18.0. The van der Waals surface area contributed by atoms with Crippen molar-refractivity contribution in [2.45, 2.75) is 39.2 Å². The lowest BCUT2D eigenvalue weighted by atomic mass is 9.95. The number of imidazole rings is 1. The Balaban J connectivity index is 2.13. The second-order valence-corrected chi connectivity index (χ2v) is 6.98. The van der Waals surface area contributed by atoms with E-state index in [1.807, 2.05) is 0 Å². The molecule has 0 radical (unpaired) electrons. The fourth-order valence-corrected chi connectivity index (χ4v) is 2.55. The second-order valence-electron chi connectivity index (χ2n) is 6.57. The Hall–Kier alpha value is -1.73. The van der Waals surface area contributed by atoms with Gasteiger partial charge in [0.1, 0.15) is 5.82 Å². The predicted molar refractivity (Wildman–Crippen MR) is 90.5 cm³/mol. The molecule has 0 saturated carbocycles. The first-order chi connectivity index (χ1) is 10.7. The number of amides is 1. The molecule has 0 aliphatic heterocycles. The van der Waals surface area contributed by atoms with E-state index in [0.29, 0.717) is 28.1 Å². The molecule has 0 aliphatic carbocycles. The number of hydrogen-bond acceptors (Lipinski definition) is 3. The summed E-state index contributed by atoms with van der Waals surface area (Å²) in [5, 5.41) is 13.0. The van der Waals surface area contributed by atoms with Gasteiger partial charge in [0.2, 0.25) is 0 Å². The Morgan fingerprint density at radius 1 is 1.43 bits per heavy atom. The SMILES string of the molecule is CC(C)CCC(C)(O)CNC(=O)c1cc(F)cc2[nH]c(=S)[nH]c12. The summed E-state index contributed by atoms with van der Waals surface area (Å²) in [6.07, 6.45) is 1.44. The van der Waals surface area contributed by atoms with Crippen molar-refractivity contribution in [1.29, 1.82) is 0 Å². The third kappa shape index (κ3) is 4.62. The van der Waals surface area contributed by atoms with Crippen LogP contribution in [0.25, 0.3) is 11.0 Å². The molecule has 1 amide bonds. The Bertz CT molecular complexity index is 764. The lowest BCUT2D eigenvalue weighted by molar-refractivity contribution is 0.0429. The fraction of sp³-hybridized carbons (Fsp3) is 0.500. The highest BCUT2D eigenvalue weighted by atomic mass is 32.1. The summed E-state index contributed by atoms with van der Waals surface area (Å²) in [6.45, 7) is 5.93. The summed E-state index contributed by atoms with van der Waals surface area (Å²) in [5.74, 6) is -0.510. The maximum absolute atomic E-state index is 13.7. The van der Waals surface area contributed by atoms with Crippen molar-refractivity contribution < 1.29 is 14.3 Å². The average Bonchev–Trinajstić information content (AvgIpc) is 2.82. The number of nitrogens with one attached hydrogen (secondary N) is 3. The number of rotatable bonds is 6. The van der Waals surface area contributed by atoms with Crippen molar-refractivity contribution in [2.24, 2.45) is 5.92 Å². The first-order valence-electron chi connectivity index (χ1n) is 7.60. The van der Waals surface area contributed by atoms with E-state index in [-0.39, 0.29) is 12.1 Å². The molecule has 5 nitrogen and oxygen atoms in total. The molecule has 2 rings (SSSR count). The molecule has 0 saturated heterocycles. The van der Waals surface area contributed by atoms with Gasteiger partial charge in [-0.2, -0.15) is 0 Å². The van der Waals surface area contributed by atoms with Gasteiger partial charge in [0.05, 0.1) is 22.2 Å². The largest absolute Gasteiger partial charge is 0.388 e. The van der Waals surface area contributed by atoms with Gasteiger partial charge >= 0.3 is 0 Å². The molecule has 1 aromatic heterocycles. The summed E-state index contributed by atoms with van der Waals surface area (Å²) in [5.41, 5.74) is 0.0478. The zero-order valence-electron chi connectivity index (χ0n) is 13.5. The molecular weight excluding hydrogens is 317 g/mol.